The highest BCUT2D eigenvalue weighted by Crippen LogP contribution is 2.22. The van der Waals surface area contributed by atoms with Crippen molar-refractivity contribution in [1.82, 2.24) is 9.88 Å². The number of carbonyl (C=O) groups excluding carboxylic acids is 1. The minimum Gasteiger partial charge on any atom is -0.367 e. The summed E-state index contributed by atoms with van der Waals surface area (Å²) < 4.78 is 0. The molecule has 2 heterocycles. The third-order valence-corrected chi connectivity index (χ3v) is 5.04. The molecule has 6 heteroatoms. The molecule has 0 saturated carbocycles. The number of anilines is 2. The van der Waals surface area contributed by atoms with Crippen LogP contribution in [0.2, 0.25) is 0 Å². The summed E-state index contributed by atoms with van der Waals surface area (Å²) in [5.74, 6) is 0.534. The Morgan fingerprint density at radius 1 is 0.897 bits per heavy atom. The minimum absolute atomic E-state index is 0.154. The molecule has 29 heavy (non-hydrogen) atoms. The van der Waals surface area contributed by atoms with Crippen LogP contribution in [0.15, 0.2) is 72.9 Å². The highest BCUT2D eigenvalue weighted by Gasteiger charge is 2.22. The number of urea groups is 1. The van der Waals surface area contributed by atoms with E-state index >= 15 is 0 Å². The minimum atomic E-state index is -0.154. The number of hydrogen-bond donors (Lipinski definition) is 1. The monoisotopic (exact) mass is 383 g/mol. The topological polar surface area (TPSA) is 72.3 Å². The van der Waals surface area contributed by atoms with Crippen molar-refractivity contribution in [3.05, 3.63) is 78.5 Å². The second-order valence-electron chi connectivity index (χ2n) is 6.83. The first-order chi connectivity index (χ1) is 14.2. The van der Waals surface area contributed by atoms with Crippen molar-refractivity contribution < 1.29 is 4.79 Å². The Labute approximate surface area is 170 Å². The van der Waals surface area contributed by atoms with Crippen LogP contribution in [0, 0.1) is 11.3 Å². The molecular formula is C23H21N5O. The number of para-hydroxylation sites is 1. The van der Waals surface area contributed by atoms with Crippen LogP contribution in [0.1, 0.15) is 5.56 Å². The van der Waals surface area contributed by atoms with Crippen LogP contribution in [0.25, 0.3) is 11.1 Å². The fraction of sp³-hybridized carbons (Fsp3) is 0.174. The van der Waals surface area contributed by atoms with Crippen LogP contribution in [-0.4, -0.2) is 42.1 Å². The number of nitrogens with zero attached hydrogens (tertiary/aromatic N) is 4. The summed E-state index contributed by atoms with van der Waals surface area (Å²) >= 11 is 0. The van der Waals surface area contributed by atoms with Crippen LogP contribution in [0.5, 0.6) is 0 Å². The molecule has 3 aromatic rings. The fourth-order valence-electron chi connectivity index (χ4n) is 3.45. The number of benzene rings is 2. The molecule has 1 aliphatic heterocycles. The van der Waals surface area contributed by atoms with E-state index in [1.54, 1.807) is 11.1 Å². The van der Waals surface area contributed by atoms with E-state index in [9.17, 15) is 10.1 Å². The largest absolute Gasteiger partial charge is 0.367 e. The Morgan fingerprint density at radius 3 is 2.31 bits per heavy atom. The van der Waals surface area contributed by atoms with E-state index in [4.69, 9.17) is 0 Å². The summed E-state index contributed by atoms with van der Waals surface area (Å²) in [6.07, 6.45) is 1.77. The highest BCUT2D eigenvalue weighted by molar-refractivity contribution is 5.88. The molecule has 6 nitrogen and oxygen atoms in total. The quantitative estimate of drug-likeness (QED) is 0.743. The number of amides is 2. The maximum Gasteiger partial charge on any atom is 0.323 e. The molecule has 0 bridgehead atoms. The van der Waals surface area contributed by atoms with Gasteiger partial charge in [-0.1, -0.05) is 42.5 Å². The molecule has 4 rings (SSSR count). The number of pyridine rings is 1. The Kier molecular flexibility index (Phi) is 5.39. The number of rotatable bonds is 3. The summed E-state index contributed by atoms with van der Waals surface area (Å²) in [6.45, 7) is 2.56. The van der Waals surface area contributed by atoms with Crippen molar-refractivity contribution >= 4 is 17.5 Å². The molecule has 2 amide bonds. The normalized spacial score (nSPS) is 13.6. The zero-order chi connectivity index (χ0) is 20.1. The predicted octanol–water partition coefficient (Wildman–Crippen LogP) is 3.97. The molecule has 1 saturated heterocycles. The lowest BCUT2D eigenvalue weighted by Gasteiger charge is -2.36. The molecule has 0 unspecified atom stereocenters. The number of nitrogens with one attached hydrogen (secondary N) is 1. The van der Waals surface area contributed by atoms with Gasteiger partial charge in [0.15, 0.2) is 0 Å². The van der Waals surface area contributed by atoms with Gasteiger partial charge in [0.05, 0.1) is 11.3 Å². The van der Waals surface area contributed by atoms with E-state index in [0.717, 1.165) is 16.8 Å². The van der Waals surface area contributed by atoms with Gasteiger partial charge >= 0.3 is 6.03 Å². The Hall–Kier alpha value is -3.85. The van der Waals surface area contributed by atoms with Gasteiger partial charge in [0.1, 0.15) is 11.9 Å². The van der Waals surface area contributed by atoms with Gasteiger partial charge in [-0.3, -0.25) is 5.32 Å². The lowest BCUT2D eigenvalue weighted by Crippen LogP contribution is -2.50. The van der Waals surface area contributed by atoms with Gasteiger partial charge < -0.3 is 9.80 Å². The standard InChI is InChI=1S/C23H21N5O/c24-16-19-8-4-5-9-21(19)27-12-14-28(15-13-27)23(29)26-22-11-10-20(17-25-22)18-6-2-1-3-7-18/h1-11,17H,12-15H2,(H,25,26,29). The third kappa shape index (κ3) is 4.19. The summed E-state index contributed by atoms with van der Waals surface area (Å²) in [6, 6.07) is 23.4. The molecule has 2 aromatic carbocycles. The van der Waals surface area contributed by atoms with Crippen LogP contribution in [-0.2, 0) is 0 Å². The molecule has 1 fully saturated rings. The SMILES string of the molecule is N#Cc1ccccc1N1CCN(C(=O)Nc2ccc(-c3ccccc3)cn2)CC1. The zero-order valence-electron chi connectivity index (χ0n) is 16.0. The lowest BCUT2D eigenvalue weighted by molar-refractivity contribution is 0.208. The van der Waals surface area contributed by atoms with Crippen molar-refractivity contribution in [3.8, 4) is 17.2 Å². The van der Waals surface area contributed by atoms with Crippen molar-refractivity contribution in [3.63, 3.8) is 0 Å². The van der Waals surface area contributed by atoms with E-state index in [-0.39, 0.29) is 6.03 Å². The van der Waals surface area contributed by atoms with Gasteiger partial charge in [-0.25, -0.2) is 9.78 Å². The van der Waals surface area contributed by atoms with Crippen LogP contribution >= 0.6 is 0 Å². The number of hydrogen-bond acceptors (Lipinski definition) is 4. The zero-order valence-corrected chi connectivity index (χ0v) is 16.0. The molecule has 1 aliphatic rings. The molecule has 0 aliphatic carbocycles. The first-order valence-corrected chi connectivity index (χ1v) is 9.56. The number of piperazine rings is 1. The Bertz CT molecular complexity index is 1020. The van der Waals surface area contributed by atoms with Gasteiger partial charge in [-0.15, -0.1) is 0 Å². The van der Waals surface area contributed by atoms with Gasteiger partial charge in [-0.05, 0) is 29.8 Å². The summed E-state index contributed by atoms with van der Waals surface area (Å²) in [4.78, 5) is 20.9. The molecule has 1 N–H and O–H groups in total. The molecule has 0 radical (unpaired) electrons. The van der Waals surface area contributed by atoms with Crippen molar-refractivity contribution in [2.75, 3.05) is 36.4 Å². The first kappa shape index (κ1) is 18.5. The van der Waals surface area contributed by atoms with E-state index in [0.29, 0.717) is 37.6 Å². The van der Waals surface area contributed by atoms with Crippen LogP contribution in [0.3, 0.4) is 0 Å². The average Bonchev–Trinajstić information content (AvgIpc) is 2.80. The summed E-state index contributed by atoms with van der Waals surface area (Å²) in [5.41, 5.74) is 3.68. The van der Waals surface area contributed by atoms with Gasteiger partial charge in [0.2, 0.25) is 0 Å². The second-order valence-corrected chi connectivity index (χ2v) is 6.83. The molecule has 144 valence electrons. The molecular weight excluding hydrogens is 362 g/mol. The predicted molar refractivity (Wildman–Crippen MR) is 114 cm³/mol. The van der Waals surface area contributed by atoms with Gasteiger partial charge in [0.25, 0.3) is 0 Å². The van der Waals surface area contributed by atoms with Crippen molar-refractivity contribution in [1.29, 1.82) is 5.26 Å². The van der Waals surface area contributed by atoms with Gasteiger partial charge in [0, 0.05) is 37.9 Å². The Morgan fingerprint density at radius 2 is 1.62 bits per heavy atom. The van der Waals surface area contributed by atoms with E-state index in [1.165, 1.54) is 0 Å². The number of nitriles is 1. The number of carbonyl (C=O) groups is 1. The van der Waals surface area contributed by atoms with Crippen LogP contribution < -0.4 is 10.2 Å². The maximum atomic E-state index is 12.6. The smallest absolute Gasteiger partial charge is 0.323 e. The second kappa shape index (κ2) is 8.44. The van der Waals surface area contributed by atoms with E-state index < -0.39 is 0 Å². The lowest BCUT2D eigenvalue weighted by atomic mass is 10.1. The van der Waals surface area contributed by atoms with E-state index in [1.807, 2.05) is 66.7 Å². The van der Waals surface area contributed by atoms with Crippen LogP contribution in [0.4, 0.5) is 16.3 Å². The highest BCUT2D eigenvalue weighted by atomic mass is 16.2. The summed E-state index contributed by atoms with van der Waals surface area (Å²) in [5, 5.41) is 12.2. The molecule has 1 aromatic heterocycles. The van der Waals surface area contributed by atoms with E-state index in [2.05, 4.69) is 21.3 Å². The fourth-order valence-corrected chi connectivity index (χ4v) is 3.45. The Balaban J connectivity index is 1.35. The molecule has 0 spiro atoms. The maximum absolute atomic E-state index is 12.6. The third-order valence-electron chi connectivity index (χ3n) is 5.04. The average molecular weight is 383 g/mol. The molecule has 0 atom stereocenters. The number of aromatic nitrogens is 1. The van der Waals surface area contributed by atoms with Crippen molar-refractivity contribution in [2.24, 2.45) is 0 Å². The van der Waals surface area contributed by atoms with Crippen molar-refractivity contribution in [2.45, 2.75) is 0 Å². The summed E-state index contributed by atoms with van der Waals surface area (Å²) in [7, 11) is 0. The first-order valence-electron chi connectivity index (χ1n) is 9.56. The van der Waals surface area contributed by atoms with Gasteiger partial charge in [-0.2, -0.15) is 5.26 Å².